The maximum Gasteiger partial charge on any atom is 0.0159 e. The summed E-state index contributed by atoms with van der Waals surface area (Å²) in [6, 6.07) is 42.7. The van der Waals surface area contributed by atoms with E-state index in [4.69, 9.17) is 0 Å². The van der Waals surface area contributed by atoms with Gasteiger partial charge in [-0.05, 0) is 147 Å². The molecule has 0 atom stereocenters. The third kappa shape index (κ3) is 4.73. The normalized spacial score (nSPS) is 16.8. The Balaban J connectivity index is 1.23. The molecule has 3 aliphatic rings. The molecule has 0 fully saturated rings. The van der Waals surface area contributed by atoms with Gasteiger partial charge in [0.1, 0.15) is 0 Å². The van der Waals surface area contributed by atoms with Crippen LogP contribution in [0.25, 0.3) is 55.6 Å². The molecule has 0 unspecified atom stereocenters. The van der Waals surface area contributed by atoms with Gasteiger partial charge in [-0.2, -0.15) is 0 Å². The molecule has 0 saturated heterocycles. The molecule has 0 radical (unpaired) electrons. The van der Waals surface area contributed by atoms with Crippen molar-refractivity contribution in [3.05, 3.63) is 154 Å². The highest BCUT2D eigenvalue weighted by molar-refractivity contribution is 5.91. The van der Waals surface area contributed by atoms with Crippen LogP contribution in [-0.2, 0) is 27.1 Å². The first-order chi connectivity index (χ1) is 24.8. The Morgan fingerprint density at radius 3 is 1.00 bits per heavy atom. The van der Waals surface area contributed by atoms with E-state index < -0.39 is 0 Å². The molecule has 0 heterocycles. The molecular formula is C53H54. The molecule has 0 nitrogen and oxygen atoms in total. The topological polar surface area (TPSA) is 0 Å². The van der Waals surface area contributed by atoms with E-state index in [1.807, 2.05) is 0 Å². The van der Waals surface area contributed by atoms with E-state index in [0.717, 1.165) is 0 Å². The van der Waals surface area contributed by atoms with Gasteiger partial charge in [-0.1, -0.05) is 156 Å². The predicted molar refractivity (Wildman–Crippen MR) is 227 cm³/mol. The Hall–Kier alpha value is -4.68. The van der Waals surface area contributed by atoms with Crippen molar-refractivity contribution in [2.75, 3.05) is 0 Å². The highest BCUT2D eigenvalue weighted by Gasteiger charge is 2.41. The van der Waals surface area contributed by atoms with Crippen LogP contribution in [0.5, 0.6) is 0 Å². The lowest BCUT2D eigenvalue weighted by Crippen LogP contribution is -2.19. The van der Waals surface area contributed by atoms with Crippen LogP contribution in [0.3, 0.4) is 0 Å². The van der Waals surface area contributed by atoms with E-state index in [2.05, 4.69) is 192 Å². The standard InChI is InChI=1S/C53H54/c1-49(2,3)43-29-39-40-30-44(50(4,5)6)38(32-22-24-36-34-18-14-16-20-42(34)52(9,10)46(36)26-32)28-48(40)53(11,12)47(39)27-37(43)31-21-23-35-33-17-13-15-19-41(33)51(7,8)45(35)25-31/h13-30H,1-12H3. The van der Waals surface area contributed by atoms with Crippen LogP contribution in [0.2, 0.25) is 0 Å². The van der Waals surface area contributed by atoms with Crippen molar-refractivity contribution in [3.63, 3.8) is 0 Å². The lowest BCUT2D eigenvalue weighted by Gasteiger charge is -2.29. The first kappa shape index (κ1) is 34.1. The molecule has 0 N–H and O–H groups in total. The van der Waals surface area contributed by atoms with Crippen molar-refractivity contribution in [2.24, 2.45) is 0 Å². The number of fused-ring (bicyclic) bond motifs is 9. The van der Waals surface area contributed by atoms with Crippen molar-refractivity contribution >= 4 is 0 Å². The quantitative estimate of drug-likeness (QED) is 0.170. The number of hydrogen-bond donors (Lipinski definition) is 0. The summed E-state index contributed by atoms with van der Waals surface area (Å²) in [6.07, 6.45) is 0. The van der Waals surface area contributed by atoms with Crippen LogP contribution in [0.4, 0.5) is 0 Å². The second-order valence-corrected chi connectivity index (χ2v) is 19.9. The van der Waals surface area contributed by atoms with E-state index in [0.29, 0.717) is 0 Å². The Labute approximate surface area is 318 Å². The fourth-order valence-corrected chi connectivity index (χ4v) is 10.3. The van der Waals surface area contributed by atoms with Crippen LogP contribution in [-0.4, -0.2) is 0 Å². The smallest absolute Gasteiger partial charge is 0.0159 e. The van der Waals surface area contributed by atoms with Crippen molar-refractivity contribution in [1.29, 1.82) is 0 Å². The summed E-state index contributed by atoms with van der Waals surface area (Å²) in [5, 5.41) is 0. The molecule has 0 heteroatoms. The minimum Gasteiger partial charge on any atom is -0.0619 e. The minimum atomic E-state index is -0.153. The Morgan fingerprint density at radius 2 is 0.623 bits per heavy atom. The van der Waals surface area contributed by atoms with Crippen LogP contribution in [0.15, 0.2) is 109 Å². The van der Waals surface area contributed by atoms with Gasteiger partial charge in [0.25, 0.3) is 0 Å². The van der Waals surface area contributed by atoms with Gasteiger partial charge in [-0.3, -0.25) is 0 Å². The van der Waals surface area contributed by atoms with Gasteiger partial charge in [-0.15, -0.1) is 0 Å². The Morgan fingerprint density at radius 1 is 0.302 bits per heavy atom. The van der Waals surface area contributed by atoms with Gasteiger partial charge in [0.15, 0.2) is 0 Å². The van der Waals surface area contributed by atoms with Crippen LogP contribution in [0.1, 0.15) is 128 Å². The molecule has 0 spiro atoms. The molecule has 9 rings (SSSR count). The molecule has 0 aliphatic heterocycles. The predicted octanol–water partition coefficient (Wildman–Crippen LogP) is 14.5. The highest BCUT2D eigenvalue weighted by Crippen LogP contribution is 2.56. The zero-order valence-electron chi connectivity index (χ0n) is 33.9. The minimum absolute atomic E-state index is 0.0314. The summed E-state index contributed by atoms with van der Waals surface area (Å²) in [5.74, 6) is 0. The second kappa shape index (κ2) is 10.7. The molecule has 0 amide bonds. The number of benzene rings is 6. The lowest BCUT2D eigenvalue weighted by atomic mass is 9.75. The SMILES string of the molecule is CC(C)(C)c1cc2c(cc1-c1ccc3c(c1)C(C)(C)c1ccccc1-3)C(C)(C)c1cc(-c3ccc4c(c3)C(C)(C)c3ccccc3-4)c(C(C)(C)C)cc1-2. The summed E-state index contributed by atoms with van der Waals surface area (Å²) in [5.41, 5.74) is 24.8. The average molecular weight is 691 g/mol. The van der Waals surface area contributed by atoms with Crippen molar-refractivity contribution in [2.45, 2.75) is 110 Å². The summed E-state index contributed by atoms with van der Waals surface area (Å²) in [6.45, 7) is 28.7. The molecule has 266 valence electrons. The van der Waals surface area contributed by atoms with Crippen LogP contribution in [0, 0.1) is 0 Å². The van der Waals surface area contributed by atoms with Crippen LogP contribution >= 0.6 is 0 Å². The Kier molecular flexibility index (Phi) is 6.90. The van der Waals surface area contributed by atoms with Crippen molar-refractivity contribution in [1.82, 2.24) is 0 Å². The van der Waals surface area contributed by atoms with Gasteiger partial charge < -0.3 is 0 Å². The monoisotopic (exact) mass is 690 g/mol. The van der Waals surface area contributed by atoms with E-state index in [1.54, 1.807) is 0 Å². The first-order valence-electron chi connectivity index (χ1n) is 19.7. The molecule has 3 aliphatic carbocycles. The number of hydrogen-bond acceptors (Lipinski definition) is 0. The lowest BCUT2D eigenvalue weighted by molar-refractivity contribution is 0.590. The molecule has 6 aromatic carbocycles. The van der Waals surface area contributed by atoms with Gasteiger partial charge >= 0.3 is 0 Å². The maximum absolute atomic E-state index is 2.57. The molecule has 0 bridgehead atoms. The van der Waals surface area contributed by atoms with E-state index in [1.165, 1.54) is 100 Å². The fourth-order valence-electron chi connectivity index (χ4n) is 10.3. The first-order valence-corrected chi connectivity index (χ1v) is 19.7. The number of rotatable bonds is 2. The summed E-state index contributed by atoms with van der Waals surface area (Å²) < 4.78 is 0. The second-order valence-electron chi connectivity index (χ2n) is 19.9. The van der Waals surface area contributed by atoms with E-state index in [-0.39, 0.29) is 27.1 Å². The molecule has 0 aromatic heterocycles. The van der Waals surface area contributed by atoms with Gasteiger partial charge in [0, 0.05) is 16.2 Å². The third-order valence-corrected chi connectivity index (χ3v) is 13.4. The third-order valence-electron chi connectivity index (χ3n) is 13.4. The van der Waals surface area contributed by atoms with E-state index >= 15 is 0 Å². The average Bonchev–Trinajstić information content (AvgIpc) is 3.58. The summed E-state index contributed by atoms with van der Waals surface area (Å²) in [4.78, 5) is 0. The largest absolute Gasteiger partial charge is 0.0619 e. The van der Waals surface area contributed by atoms with Gasteiger partial charge in [0.2, 0.25) is 0 Å². The van der Waals surface area contributed by atoms with Crippen molar-refractivity contribution < 1.29 is 0 Å². The Bertz CT molecular complexity index is 2360. The highest BCUT2D eigenvalue weighted by atomic mass is 14.4. The summed E-state index contributed by atoms with van der Waals surface area (Å²) >= 11 is 0. The molecule has 6 aromatic rings. The fraction of sp³-hybridized carbons (Fsp3) is 0.321. The zero-order valence-corrected chi connectivity index (χ0v) is 33.9. The maximum atomic E-state index is 2.57. The zero-order chi connectivity index (χ0) is 37.6. The van der Waals surface area contributed by atoms with Crippen molar-refractivity contribution in [3.8, 4) is 55.6 Å². The van der Waals surface area contributed by atoms with Gasteiger partial charge in [-0.25, -0.2) is 0 Å². The van der Waals surface area contributed by atoms with E-state index in [9.17, 15) is 0 Å². The van der Waals surface area contributed by atoms with Crippen LogP contribution < -0.4 is 0 Å². The molecule has 0 saturated carbocycles. The molecule has 53 heavy (non-hydrogen) atoms. The van der Waals surface area contributed by atoms with Gasteiger partial charge in [0.05, 0.1) is 0 Å². The summed E-state index contributed by atoms with van der Waals surface area (Å²) in [7, 11) is 0. The molecular weight excluding hydrogens is 637 g/mol.